The predicted octanol–water partition coefficient (Wildman–Crippen LogP) is 3.84. The first kappa shape index (κ1) is 29.5. The normalized spacial score (nSPS) is 11.8. The zero-order valence-corrected chi connectivity index (χ0v) is 23.5. The van der Waals surface area contributed by atoms with E-state index in [0.29, 0.717) is 18.0 Å². The Balaban J connectivity index is 2.03. The second kappa shape index (κ2) is 13.7. The maximum absolute atomic E-state index is 13.9. The summed E-state index contributed by atoms with van der Waals surface area (Å²) in [5.74, 6) is 0.174. The number of ether oxygens (including phenoxy) is 2. The number of carbonyl (C=O) groups is 2. The molecule has 2 amide bonds. The van der Waals surface area contributed by atoms with Crippen molar-refractivity contribution < 1.29 is 27.5 Å². The third-order valence-electron chi connectivity index (χ3n) is 6.15. The van der Waals surface area contributed by atoms with E-state index >= 15 is 0 Å². The van der Waals surface area contributed by atoms with E-state index in [1.54, 1.807) is 74.7 Å². The number of hydrogen-bond donors (Lipinski definition) is 1. The summed E-state index contributed by atoms with van der Waals surface area (Å²) in [5, 5.41) is 2.83. The first-order valence-corrected chi connectivity index (χ1v) is 14.1. The third kappa shape index (κ3) is 7.51. The molecule has 9 nitrogen and oxygen atoms in total. The standard InChI is InChI=1S/C29H35N3O6S/c1-5-17-30-29(34)22(2)31(20-23-11-9-13-25(18-23)37-3)28(33)21-32(24-12-10-14-26(19-24)38-4)39(35,36)27-15-7-6-8-16-27/h6-16,18-19,22H,5,17,20-21H2,1-4H3,(H,30,34)/t22-/m0/s1. The summed E-state index contributed by atoms with van der Waals surface area (Å²) < 4.78 is 39.3. The zero-order chi connectivity index (χ0) is 28.4. The monoisotopic (exact) mass is 553 g/mol. The van der Waals surface area contributed by atoms with Crippen LogP contribution in [-0.4, -0.2) is 58.5 Å². The van der Waals surface area contributed by atoms with Gasteiger partial charge in [0.05, 0.1) is 24.8 Å². The van der Waals surface area contributed by atoms with Gasteiger partial charge in [0, 0.05) is 19.2 Å². The third-order valence-corrected chi connectivity index (χ3v) is 7.94. The molecule has 0 saturated carbocycles. The van der Waals surface area contributed by atoms with Crippen LogP contribution in [0.3, 0.4) is 0 Å². The number of methoxy groups -OCH3 is 2. The summed E-state index contributed by atoms with van der Waals surface area (Å²) >= 11 is 0. The van der Waals surface area contributed by atoms with Gasteiger partial charge in [0.15, 0.2) is 0 Å². The fourth-order valence-electron chi connectivity index (χ4n) is 3.96. The summed E-state index contributed by atoms with van der Waals surface area (Å²) in [6.45, 7) is 3.58. The minimum absolute atomic E-state index is 0.0358. The SMILES string of the molecule is CCCNC(=O)[C@H](C)N(Cc1cccc(OC)c1)C(=O)CN(c1cccc(OC)c1)S(=O)(=O)c1ccccc1. The number of amides is 2. The first-order valence-electron chi connectivity index (χ1n) is 12.6. The van der Waals surface area contributed by atoms with Gasteiger partial charge in [-0.2, -0.15) is 0 Å². The lowest BCUT2D eigenvalue weighted by molar-refractivity contribution is -0.139. The van der Waals surface area contributed by atoms with Crippen molar-refractivity contribution in [1.29, 1.82) is 0 Å². The molecule has 0 spiro atoms. The van der Waals surface area contributed by atoms with Crippen LogP contribution < -0.4 is 19.1 Å². The molecule has 0 bridgehead atoms. The van der Waals surface area contributed by atoms with Crippen LogP contribution in [0.15, 0.2) is 83.8 Å². The average molecular weight is 554 g/mol. The van der Waals surface area contributed by atoms with Gasteiger partial charge in [-0.05, 0) is 55.3 Å². The summed E-state index contributed by atoms with van der Waals surface area (Å²) in [6, 6.07) is 20.7. The number of anilines is 1. The molecule has 0 aromatic heterocycles. The molecule has 1 N–H and O–H groups in total. The molecule has 0 saturated heterocycles. The average Bonchev–Trinajstić information content (AvgIpc) is 2.97. The second-order valence-electron chi connectivity index (χ2n) is 8.87. The maximum Gasteiger partial charge on any atom is 0.264 e. The van der Waals surface area contributed by atoms with E-state index < -0.39 is 28.5 Å². The van der Waals surface area contributed by atoms with Gasteiger partial charge < -0.3 is 19.7 Å². The van der Waals surface area contributed by atoms with Crippen LogP contribution in [-0.2, 0) is 26.2 Å². The quantitative estimate of drug-likeness (QED) is 0.345. The van der Waals surface area contributed by atoms with Crippen LogP contribution in [0.1, 0.15) is 25.8 Å². The Morgan fingerprint density at radius 3 is 2.18 bits per heavy atom. The number of sulfonamides is 1. The van der Waals surface area contributed by atoms with Crippen LogP contribution in [0.2, 0.25) is 0 Å². The predicted molar refractivity (Wildman–Crippen MR) is 150 cm³/mol. The molecule has 1 atom stereocenters. The van der Waals surface area contributed by atoms with Gasteiger partial charge in [-0.1, -0.05) is 43.3 Å². The number of benzene rings is 3. The van der Waals surface area contributed by atoms with Crippen LogP contribution in [0.5, 0.6) is 11.5 Å². The Labute approximate surface area is 230 Å². The lowest BCUT2D eigenvalue weighted by Gasteiger charge is -2.32. The zero-order valence-electron chi connectivity index (χ0n) is 22.7. The van der Waals surface area contributed by atoms with Crippen molar-refractivity contribution in [1.82, 2.24) is 10.2 Å². The van der Waals surface area contributed by atoms with Gasteiger partial charge in [0.25, 0.3) is 10.0 Å². The van der Waals surface area contributed by atoms with Crippen LogP contribution in [0.4, 0.5) is 5.69 Å². The van der Waals surface area contributed by atoms with Gasteiger partial charge in [0.1, 0.15) is 24.1 Å². The molecule has 39 heavy (non-hydrogen) atoms. The van der Waals surface area contributed by atoms with Gasteiger partial charge in [-0.25, -0.2) is 8.42 Å². The molecule has 3 aromatic rings. The number of carbonyl (C=O) groups excluding carboxylic acids is 2. The van der Waals surface area contributed by atoms with Crippen molar-refractivity contribution in [3.05, 3.63) is 84.4 Å². The fraction of sp³-hybridized carbons (Fsp3) is 0.310. The molecule has 0 aliphatic rings. The van der Waals surface area contributed by atoms with Gasteiger partial charge in [0.2, 0.25) is 11.8 Å². The van der Waals surface area contributed by atoms with Crippen molar-refractivity contribution in [2.24, 2.45) is 0 Å². The van der Waals surface area contributed by atoms with E-state index in [9.17, 15) is 18.0 Å². The molecule has 0 aliphatic heterocycles. The topological polar surface area (TPSA) is 105 Å². The molecule has 0 radical (unpaired) electrons. The van der Waals surface area contributed by atoms with Gasteiger partial charge in [-0.15, -0.1) is 0 Å². The highest BCUT2D eigenvalue weighted by Crippen LogP contribution is 2.27. The molecule has 208 valence electrons. The highest BCUT2D eigenvalue weighted by Gasteiger charge is 2.32. The lowest BCUT2D eigenvalue weighted by Crippen LogP contribution is -2.51. The Hall–Kier alpha value is -4.05. The van der Waals surface area contributed by atoms with E-state index in [-0.39, 0.29) is 23.0 Å². The van der Waals surface area contributed by atoms with E-state index in [1.165, 1.54) is 24.1 Å². The summed E-state index contributed by atoms with van der Waals surface area (Å²) in [6.07, 6.45) is 0.737. The van der Waals surface area contributed by atoms with Gasteiger partial charge in [-0.3, -0.25) is 13.9 Å². The minimum Gasteiger partial charge on any atom is -0.497 e. The molecule has 0 fully saturated rings. The molecule has 0 unspecified atom stereocenters. The molecule has 3 aromatic carbocycles. The minimum atomic E-state index is -4.14. The molecule has 0 heterocycles. The van der Waals surface area contributed by atoms with E-state index in [2.05, 4.69) is 5.32 Å². The molecule has 0 aliphatic carbocycles. The van der Waals surface area contributed by atoms with Crippen LogP contribution >= 0.6 is 0 Å². The first-order chi connectivity index (χ1) is 18.7. The van der Waals surface area contributed by atoms with Crippen molar-refractivity contribution in [3.63, 3.8) is 0 Å². The summed E-state index contributed by atoms with van der Waals surface area (Å²) in [7, 11) is -1.12. The van der Waals surface area contributed by atoms with Gasteiger partial charge >= 0.3 is 0 Å². The van der Waals surface area contributed by atoms with Crippen LogP contribution in [0, 0.1) is 0 Å². The van der Waals surface area contributed by atoms with Crippen LogP contribution in [0.25, 0.3) is 0 Å². The van der Waals surface area contributed by atoms with Crippen molar-refractivity contribution in [2.45, 2.75) is 37.8 Å². The largest absolute Gasteiger partial charge is 0.497 e. The lowest BCUT2D eigenvalue weighted by atomic mass is 10.1. The number of rotatable bonds is 13. The fourth-order valence-corrected chi connectivity index (χ4v) is 5.39. The number of hydrogen-bond acceptors (Lipinski definition) is 6. The van der Waals surface area contributed by atoms with Crippen molar-refractivity contribution >= 4 is 27.5 Å². The van der Waals surface area contributed by atoms with E-state index in [4.69, 9.17) is 9.47 Å². The Kier molecular flexibility index (Phi) is 10.3. The Morgan fingerprint density at radius 1 is 0.897 bits per heavy atom. The number of nitrogens with zero attached hydrogens (tertiary/aromatic N) is 2. The summed E-state index contributed by atoms with van der Waals surface area (Å²) in [4.78, 5) is 28.3. The summed E-state index contributed by atoms with van der Waals surface area (Å²) in [5.41, 5.74) is 0.993. The number of nitrogens with one attached hydrogen (secondary N) is 1. The second-order valence-corrected chi connectivity index (χ2v) is 10.7. The molecular formula is C29H35N3O6S. The van der Waals surface area contributed by atoms with Crippen molar-refractivity contribution in [2.75, 3.05) is 31.6 Å². The smallest absolute Gasteiger partial charge is 0.264 e. The van der Waals surface area contributed by atoms with E-state index in [1.807, 2.05) is 13.0 Å². The van der Waals surface area contributed by atoms with Crippen molar-refractivity contribution in [3.8, 4) is 11.5 Å². The Morgan fingerprint density at radius 2 is 1.54 bits per heavy atom. The highest BCUT2D eigenvalue weighted by atomic mass is 32.2. The van der Waals surface area contributed by atoms with E-state index in [0.717, 1.165) is 16.3 Å². The Bertz CT molecular complexity index is 1360. The molecule has 10 heteroatoms. The molecule has 3 rings (SSSR count). The maximum atomic E-state index is 13.9. The molecular weight excluding hydrogens is 518 g/mol. The highest BCUT2D eigenvalue weighted by molar-refractivity contribution is 7.92.